The van der Waals surface area contributed by atoms with Crippen molar-refractivity contribution < 1.29 is 9.18 Å². The van der Waals surface area contributed by atoms with E-state index in [0.29, 0.717) is 6.42 Å². The van der Waals surface area contributed by atoms with Gasteiger partial charge in [-0.3, -0.25) is 9.80 Å². The summed E-state index contributed by atoms with van der Waals surface area (Å²) >= 11 is 0. The van der Waals surface area contributed by atoms with Crippen molar-refractivity contribution in [3.05, 3.63) is 137 Å². The number of benzene rings is 4. The Morgan fingerprint density at radius 2 is 1.54 bits per heavy atom. The lowest BCUT2D eigenvalue weighted by atomic mass is 9.65. The predicted molar refractivity (Wildman–Crippen MR) is 138 cm³/mol. The van der Waals surface area contributed by atoms with E-state index < -0.39 is 5.54 Å². The van der Waals surface area contributed by atoms with Crippen molar-refractivity contribution in [3.8, 4) is 0 Å². The summed E-state index contributed by atoms with van der Waals surface area (Å²) in [4.78, 5) is 14.5. The van der Waals surface area contributed by atoms with Crippen molar-refractivity contribution in [1.29, 1.82) is 0 Å². The zero-order valence-electron chi connectivity index (χ0n) is 19.5. The third-order valence-corrected chi connectivity index (χ3v) is 7.32. The number of hydrazone groups is 1. The summed E-state index contributed by atoms with van der Waals surface area (Å²) in [5, 5.41) is 7.12. The minimum atomic E-state index is -0.952. The van der Waals surface area contributed by atoms with Crippen molar-refractivity contribution in [2.75, 3.05) is 5.01 Å². The second-order valence-electron chi connectivity index (χ2n) is 9.39. The van der Waals surface area contributed by atoms with Crippen LogP contribution in [0, 0.1) is 12.7 Å². The van der Waals surface area contributed by atoms with Crippen LogP contribution in [0.2, 0.25) is 0 Å². The Morgan fingerprint density at radius 3 is 2.29 bits per heavy atom. The fourth-order valence-electron chi connectivity index (χ4n) is 5.61. The second-order valence-corrected chi connectivity index (χ2v) is 9.39. The van der Waals surface area contributed by atoms with E-state index >= 15 is 0 Å². The molecule has 4 aromatic rings. The van der Waals surface area contributed by atoms with Gasteiger partial charge in [0.2, 0.25) is 0 Å². The molecule has 6 rings (SSSR count). The van der Waals surface area contributed by atoms with E-state index in [0.717, 1.165) is 45.6 Å². The largest absolute Gasteiger partial charge is 0.291 e. The highest BCUT2D eigenvalue weighted by atomic mass is 19.1. The highest BCUT2D eigenvalue weighted by molar-refractivity contribution is 6.18. The second kappa shape index (κ2) is 8.31. The van der Waals surface area contributed by atoms with E-state index in [4.69, 9.17) is 5.10 Å². The molecule has 1 aliphatic heterocycles. The first kappa shape index (κ1) is 21.5. The summed E-state index contributed by atoms with van der Waals surface area (Å²) < 4.78 is 14.0. The van der Waals surface area contributed by atoms with Gasteiger partial charge in [0, 0.05) is 5.56 Å². The molecule has 0 fully saturated rings. The lowest BCUT2D eigenvalue weighted by Gasteiger charge is -2.43. The van der Waals surface area contributed by atoms with Crippen LogP contribution in [0.1, 0.15) is 45.0 Å². The van der Waals surface area contributed by atoms with Crippen LogP contribution in [0.25, 0.3) is 0 Å². The zero-order chi connectivity index (χ0) is 24.0. The number of carbonyl (C=O) groups is 1. The molecule has 172 valence electrons. The van der Waals surface area contributed by atoms with Gasteiger partial charge in [0.1, 0.15) is 11.4 Å². The first-order valence-electron chi connectivity index (χ1n) is 12.0. The number of carbonyl (C=O) groups excluding carboxylic acids is 1. The Kier molecular flexibility index (Phi) is 5.10. The van der Waals surface area contributed by atoms with Gasteiger partial charge in [-0.25, -0.2) is 4.39 Å². The molecular formula is C31H25FN2O. The summed E-state index contributed by atoms with van der Waals surface area (Å²) in [7, 11) is 0. The molecule has 35 heavy (non-hydrogen) atoms. The maximum atomic E-state index is 14.5. The number of rotatable bonds is 3. The maximum absolute atomic E-state index is 14.5. The summed E-state index contributed by atoms with van der Waals surface area (Å²) in [5.41, 5.74) is 5.55. The van der Waals surface area contributed by atoms with Gasteiger partial charge in [-0.15, -0.1) is 0 Å². The fourth-order valence-corrected chi connectivity index (χ4v) is 5.61. The molecule has 2 aliphatic rings. The van der Waals surface area contributed by atoms with Crippen molar-refractivity contribution in [2.45, 2.75) is 31.2 Å². The van der Waals surface area contributed by atoms with Crippen molar-refractivity contribution in [1.82, 2.24) is 0 Å². The van der Waals surface area contributed by atoms with E-state index in [9.17, 15) is 9.18 Å². The van der Waals surface area contributed by atoms with Gasteiger partial charge in [0.15, 0.2) is 5.78 Å². The molecule has 3 nitrogen and oxygen atoms in total. The third kappa shape index (κ3) is 3.40. The molecule has 4 heteroatoms. The van der Waals surface area contributed by atoms with Gasteiger partial charge in [0.25, 0.3) is 0 Å². The molecule has 0 amide bonds. The molecule has 0 saturated carbocycles. The van der Waals surface area contributed by atoms with Crippen LogP contribution in [0.15, 0.2) is 108 Å². The van der Waals surface area contributed by atoms with E-state index in [-0.39, 0.29) is 17.5 Å². The zero-order valence-corrected chi connectivity index (χ0v) is 19.5. The van der Waals surface area contributed by atoms with Crippen LogP contribution in [0.3, 0.4) is 0 Å². The standard InChI is InChI=1S/C31H25FN2O/c1-21-11-17-26(18-12-21)34-31(20-19-22-7-5-6-10-27(22)30(31)35)28(23-13-15-25(32)16-14-23)29(33-34)24-8-3-2-4-9-24/h2-18,28H,19-20H2,1H3. The van der Waals surface area contributed by atoms with Gasteiger partial charge in [-0.2, -0.15) is 5.10 Å². The monoisotopic (exact) mass is 460 g/mol. The number of aryl methyl sites for hydroxylation is 2. The third-order valence-electron chi connectivity index (χ3n) is 7.32. The number of anilines is 1. The van der Waals surface area contributed by atoms with Crippen LogP contribution < -0.4 is 5.01 Å². The highest BCUT2D eigenvalue weighted by Crippen LogP contribution is 2.51. The highest BCUT2D eigenvalue weighted by Gasteiger charge is 2.59. The minimum Gasteiger partial charge on any atom is -0.291 e. The molecule has 1 spiro atoms. The van der Waals surface area contributed by atoms with E-state index in [1.54, 1.807) is 12.1 Å². The molecule has 0 radical (unpaired) electrons. The van der Waals surface area contributed by atoms with Crippen LogP contribution in [-0.4, -0.2) is 17.0 Å². The Morgan fingerprint density at radius 1 is 0.857 bits per heavy atom. The van der Waals surface area contributed by atoms with E-state index in [1.807, 2.05) is 90.8 Å². The maximum Gasteiger partial charge on any atom is 0.191 e. The van der Waals surface area contributed by atoms with Gasteiger partial charge >= 0.3 is 0 Å². The molecule has 0 saturated heterocycles. The van der Waals surface area contributed by atoms with Crippen LogP contribution in [0.4, 0.5) is 10.1 Å². The van der Waals surface area contributed by atoms with Gasteiger partial charge in [-0.1, -0.05) is 84.4 Å². The number of halogens is 1. The number of hydrogen-bond acceptors (Lipinski definition) is 3. The summed E-state index contributed by atoms with van der Waals surface area (Å²) in [6, 6.07) is 32.6. The van der Waals surface area contributed by atoms with Crippen LogP contribution in [-0.2, 0) is 6.42 Å². The van der Waals surface area contributed by atoms with Crippen LogP contribution >= 0.6 is 0 Å². The van der Waals surface area contributed by atoms with E-state index in [1.165, 1.54) is 12.1 Å². The summed E-state index contributed by atoms with van der Waals surface area (Å²) in [5.74, 6) is -0.591. The average Bonchev–Trinajstić information content (AvgIpc) is 3.24. The van der Waals surface area contributed by atoms with Gasteiger partial charge in [-0.05, 0) is 60.7 Å². The van der Waals surface area contributed by atoms with Crippen LogP contribution in [0.5, 0.6) is 0 Å². The van der Waals surface area contributed by atoms with Crippen molar-refractivity contribution >= 4 is 17.2 Å². The summed E-state index contributed by atoms with van der Waals surface area (Å²) in [6.45, 7) is 2.05. The first-order valence-corrected chi connectivity index (χ1v) is 12.0. The first-order chi connectivity index (χ1) is 17.1. The molecule has 0 aromatic heterocycles. The SMILES string of the molecule is Cc1ccc(N2N=C(c3ccccc3)C(c3ccc(F)cc3)C23CCc2ccccc2C3=O)cc1. The average molecular weight is 461 g/mol. The Balaban J connectivity index is 1.63. The smallest absolute Gasteiger partial charge is 0.191 e. The molecule has 1 heterocycles. The van der Waals surface area contributed by atoms with Crippen molar-refractivity contribution in [3.63, 3.8) is 0 Å². The normalized spacial score (nSPS) is 21.2. The molecule has 2 unspecified atom stereocenters. The predicted octanol–water partition coefficient (Wildman–Crippen LogP) is 6.71. The topological polar surface area (TPSA) is 32.7 Å². The number of hydrogen-bond donors (Lipinski definition) is 0. The molecule has 2 atom stereocenters. The fraction of sp³-hybridized carbons (Fsp3) is 0.161. The number of Topliss-reactive ketones (excluding diaryl/α,β-unsaturated/α-hetero) is 1. The quantitative estimate of drug-likeness (QED) is 0.340. The lowest BCUT2D eigenvalue weighted by Crippen LogP contribution is -2.56. The molecule has 1 aliphatic carbocycles. The molecule has 4 aromatic carbocycles. The van der Waals surface area contributed by atoms with E-state index in [2.05, 4.69) is 0 Å². The van der Waals surface area contributed by atoms with Crippen molar-refractivity contribution in [2.24, 2.45) is 5.10 Å². The summed E-state index contributed by atoms with van der Waals surface area (Å²) in [6.07, 6.45) is 1.37. The number of ketones is 1. The Labute approximate surface area is 204 Å². The number of nitrogens with zero attached hydrogens (tertiary/aromatic N) is 2. The Bertz CT molecular complexity index is 1430. The minimum absolute atomic E-state index is 0.0592. The number of fused-ring (bicyclic) bond motifs is 1. The molecular weight excluding hydrogens is 435 g/mol. The Hall–Kier alpha value is -4.05. The van der Waals surface area contributed by atoms with Gasteiger partial charge < -0.3 is 0 Å². The molecule has 0 N–H and O–H groups in total. The lowest BCUT2D eigenvalue weighted by molar-refractivity contribution is 0.0856. The van der Waals surface area contributed by atoms with Gasteiger partial charge in [0.05, 0.1) is 17.3 Å². The molecule has 0 bridgehead atoms.